The Balaban J connectivity index is 1.72. The highest BCUT2D eigenvalue weighted by molar-refractivity contribution is 7.57. The number of para-hydroxylation sites is 1. The molecule has 3 rings (SSSR count). The second-order valence-corrected chi connectivity index (χ2v) is 12.9. The van der Waals surface area contributed by atoms with Gasteiger partial charge in [-0.25, -0.2) is 4.57 Å². The van der Waals surface area contributed by atoms with Crippen LogP contribution in [0.1, 0.15) is 25.0 Å². The number of hydrogen-bond donors (Lipinski definition) is 0. The summed E-state index contributed by atoms with van der Waals surface area (Å²) in [6, 6.07) is 24.1. The summed E-state index contributed by atoms with van der Waals surface area (Å²) < 4.78 is 41.2. The molecule has 0 spiro atoms. The monoisotopic (exact) mass is 458 g/mol. The fourth-order valence-electron chi connectivity index (χ4n) is 3.17. The molecule has 0 saturated carbocycles. The van der Waals surface area contributed by atoms with Gasteiger partial charge in [-0.2, -0.15) is 0 Å². The molecule has 0 radical (unpaired) electrons. The molecule has 0 bridgehead atoms. The van der Waals surface area contributed by atoms with E-state index in [9.17, 15) is 9.13 Å². The van der Waals surface area contributed by atoms with E-state index in [1.54, 1.807) is 37.6 Å². The van der Waals surface area contributed by atoms with Gasteiger partial charge in [0.15, 0.2) is 0 Å². The zero-order valence-corrected chi connectivity index (χ0v) is 20.2. The standard InChI is InChI=1S/C24H28O5P2/c1-24(2,19-11-15-22(16-12-19)27-30(3,4)25)20-13-17-23(18-14-20)29-31(5,26)28-21-9-7-6-8-10-21/h6-18H,1-5H3. The predicted molar refractivity (Wildman–Crippen MR) is 126 cm³/mol. The van der Waals surface area contributed by atoms with Crippen molar-refractivity contribution in [2.75, 3.05) is 20.0 Å². The van der Waals surface area contributed by atoms with Gasteiger partial charge in [-0.3, -0.25) is 4.57 Å². The molecule has 0 heterocycles. The molecule has 0 N–H and O–H groups in total. The third-order valence-electron chi connectivity index (χ3n) is 4.76. The molecule has 0 fully saturated rings. The van der Waals surface area contributed by atoms with E-state index in [0.717, 1.165) is 11.1 Å². The highest BCUT2D eigenvalue weighted by Gasteiger charge is 2.25. The van der Waals surface area contributed by atoms with Gasteiger partial charge in [0.05, 0.1) is 6.66 Å². The molecule has 3 aromatic carbocycles. The van der Waals surface area contributed by atoms with Crippen LogP contribution in [0.2, 0.25) is 0 Å². The van der Waals surface area contributed by atoms with Crippen LogP contribution < -0.4 is 13.6 Å². The Morgan fingerprint density at radius 2 is 0.968 bits per heavy atom. The normalized spacial score (nSPS) is 13.8. The maximum Gasteiger partial charge on any atom is 0.427 e. The van der Waals surface area contributed by atoms with Gasteiger partial charge in [0, 0.05) is 18.7 Å². The molecule has 0 aliphatic carbocycles. The quantitative estimate of drug-likeness (QED) is 0.334. The minimum absolute atomic E-state index is 0.282. The lowest BCUT2D eigenvalue weighted by Crippen LogP contribution is -2.18. The molecule has 1 atom stereocenters. The van der Waals surface area contributed by atoms with Gasteiger partial charge in [0.1, 0.15) is 17.2 Å². The fraction of sp³-hybridized carbons (Fsp3) is 0.250. The first-order valence-electron chi connectivity index (χ1n) is 9.92. The van der Waals surface area contributed by atoms with Crippen LogP contribution in [0.15, 0.2) is 78.9 Å². The Labute approximate surface area is 184 Å². The van der Waals surface area contributed by atoms with Gasteiger partial charge in [-0.05, 0) is 47.5 Å². The lowest BCUT2D eigenvalue weighted by Gasteiger charge is -2.27. The minimum atomic E-state index is -3.31. The molecule has 3 aromatic rings. The van der Waals surface area contributed by atoms with Gasteiger partial charge in [-0.15, -0.1) is 0 Å². The Kier molecular flexibility index (Phi) is 6.69. The summed E-state index contributed by atoms with van der Waals surface area (Å²) in [7, 11) is -5.90. The van der Waals surface area contributed by atoms with Crippen molar-refractivity contribution in [3.63, 3.8) is 0 Å². The Morgan fingerprint density at radius 1 is 0.581 bits per heavy atom. The third-order valence-corrected chi connectivity index (χ3v) is 6.50. The van der Waals surface area contributed by atoms with Crippen molar-refractivity contribution in [3.05, 3.63) is 90.0 Å². The SMILES string of the molecule is CC(C)(c1ccc(OP(C)(C)=O)cc1)c1ccc(OP(C)(=O)Oc2ccccc2)cc1. The van der Waals surface area contributed by atoms with Crippen LogP contribution in [0.25, 0.3) is 0 Å². The van der Waals surface area contributed by atoms with E-state index in [0.29, 0.717) is 17.2 Å². The van der Waals surface area contributed by atoms with Crippen molar-refractivity contribution >= 4 is 15.0 Å². The molecule has 7 heteroatoms. The third kappa shape index (κ3) is 6.50. The van der Waals surface area contributed by atoms with E-state index in [1.807, 2.05) is 54.6 Å². The number of rotatable bonds is 8. The van der Waals surface area contributed by atoms with Crippen molar-refractivity contribution < 1.29 is 22.7 Å². The van der Waals surface area contributed by atoms with Crippen LogP contribution in [0, 0.1) is 0 Å². The van der Waals surface area contributed by atoms with Crippen molar-refractivity contribution in [2.24, 2.45) is 0 Å². The molecule has 31 heavy (non-hydrogen) atoms. The molecule has 5 nitrogen and oxygen atoms in total. The van der Waals surface area contributed by atoms with Gasteiger partial charge in [-0.1, -0.05) is 56.3 Å². The molecule has 1 unspecified atom stereocenters. The van der Waals surface area contributed by atoms with Crippen LogP contribution in [-0.2, 0) is 14.5 Å². The lowest BCUT2D eigenvalue weighted by molar-refractivity contribution is 0.393. The fourth-order valence-corrected chi connectivity index (χ4v) is 4.84. The number of hydrogen-bond acceptors (Lipinski definition) is 5. The molecule has 0 aliphatic heterocycles. The molecule has 164 valence electrons. The zero-order chi connectivity index (χ0) is 22.7. The Morgan fingerprint density at radius 3 is 1.39 bits per heavy atom. The molecule has 0 amide bonds. The minimum Gasteiger partial charge on any atom is -0.443 e. The second kappa shape index (κ2) is 8.94. The maximum absolute atomic E-state index is 12.7. The summed E-state index contributed by atoms with van der Waals surface area (Å²) in [5.74, 6) is 1.57. The van der Waals surface area contributed by atoms with E-state index in [-0.39, 0.29) is 5.41 Å². The maximum atomic E-state index is 12.7. The average Bonchev–Trinajstić information content (AvgIpc) is 2.67. The van der Waals surface area contributed by atoms with Gasteiger partial charge < -0.3 is 13.6 Å². The smallest absolute Gasteiger partial charge is 0.427 e. The van der Waals surface area contributed by atoms with E-state index >= 15 is 0 Å². The van der Waals surface area contributed by atoms with E-state index in [4.69, 9.17) is 13.6 Å². The van der Waals surface area contributed by atoms with E-state index in [1.165, 1.54) is 6.66 Å². The molecule has 0 saturated heterocycles. The van der Waals surface area contributed by atoms with Crippen molar-refractivity contribution in [1.82, 2.24) is 0 Å². The van der Waals surface area contributed by atoms with Gasteiger partial charge >= 0.3 is 7.60 Å². The second-order valence-electron chi connectivity index (χ2n) is 8.28. The van der Waals surface area contributed by atoms with E-state index < -0.39 is 15.0 Å². The first-order valence-corrected chi connectivity index (χ1v) is 14.4. The van der Waals surface area contributed by atoms with Crippen LogP contribution in [0.4, 0.5) is 0 Å². The van der Waals surface area contributed by atoms with Crippen LogP contribution >= 0.6 is 15.0 Å². The van der Waals surface area contributed by atoms with E-state index in [2.05, 4.69) is 13.8 Å². The van der Waals surface area contributed by atoms with Crippen molar-refractivity contribution in [2.45, 2.75) is 19.3 Å². The summed E-state index contributed by atoms with van der Waals surface area (Å²) >= 11 is 0. The molecule has 0 aliphatic rings. The van der Waals surface area contributed by atoms with Crippen molar-refractivity contribution in [3.8, 4) is 17.2 Å². The summed E-state index contributed by atoms with van der Waals surface area (Å²) in [6.45, 7) is 8.87. The zero-order valence-electron chi connectivity index (χ0n) is 18.4. The lowest BCUT2D eigenvalue weighted by atomic mass is 9.78. The summed E-state index contributed by atoms with van der Waals surface area (Å²) in [5.41, 5.74) is 1.87. The van der Waals surface area contributed by atoms with Crippen molar-refractivity contribution in [1.29, 1.82) is 0 Å². The molecular weight excluding hydrogens is 430 g/mol. The predicted octanol–water partition coefficient (Wildman–Crippen LogP) is 7.21. The van der Waals surface area contributed by atoms with Gasteiger partial charge in [0.2, 0.25) is 7.37 Å². The Bertz CT molecular complexity index is 1100. The number of benzene rings is 3. The highest BCUT2D eigenvalue weighted by Crippen LogP contribution is 2.45. The summed E-state index contributed by atoms with van der Waals surface area (Å²) in [6.07, 6.45) is 0. The summed E-state index contributed by atoms with van der Waals surface area (Å²) in [5, 5.41) is 0. The first kappa shape index (κ1) is 23.2. The average molecular weight is 458 g/mol. The highest BCUT2D eigenvalue weighted by atomic mass is 31.2. The molecular formula is C24H28O5P2. The largest absolute Gasteiger partial charge is 0.443 e. The Hall–Kier alpha value is -2.48. The van der Waals surface area contributed by atoms with Crippen LogP contribution in [0.3, 0.4) is 0 Å². The topological polar surface area (TPSA) is 61.8 Å². The van der Waals surface area contributed by atoms with Crippen LogP contribution in [0.5, 0.6) is 17.2 Å². The molecule has 0 aromatic heterocycles. The van der Waals surface area contributed by atoms with Gasteiger partial charge in [0.25, 0.3) is 0 Å². The summed E-state index contributed by atoms with van der Waals surface area (Å²) in [4.78, 5) is 0. The first-order chi connectivity index (χ1) is 14.4. The van der Waals surface area contributed by atoms with Crippen LogP contribution in [-0.4, -0.2) is 20.0 Å².